The van der Waals surface area contributed by atoms with Gasteiger partial charge in [-0.25, -0.2) is 0 Å². The van der Waals surface area contributed by atoms with Crippen LogP contribution in [-0.2, 0) is 11.3 Å². The van der Waals surface area contributed by atoms with Crippen LogP contribution in [0.4, 0.5) is 5.69 Å². The number of ether oxygens (including phenoxy) is 1. The third-order valence-corrected chi connectivity index (χ3v) is 4.71. The lowest BCUT2D eigenvalue weighted by Gasteiger charge is -2.30. The molecule has 5 nitrogen and oxygen atoms in total. The van der Waals surface area contributed by atoms with Gasteiger partial charge in [0, 0.05) is 38.4 Å². The van der Waals surface area contributed by atoms with Gasteiger partial charge in [-0.05, 0) is 24.5 Å². The van der Waals surface area contributed by atoms with Gasteiger partial charge in [0.25, 0.3) is 0 Å². The molecule has 2 fully saturated rings. The maximum atomic E-state index is 5.46. The number of aliphatic imine (C=N–C) groups is 1. The summed E-state index contributed by atoms with van der Waals surface area (Å²) in [6.07, 6.45) is 5.17. The summed E-state index contributed by atoms with van der Waals surface area (Å²) in [5.74, 6) is 0.911. The molecule has 0 bridgehead atoms. The average molecular weight is 316 g/mol. The van der Waals surface area contributed by atoms with Crippen LogP contribution in [0.15, 0.2) is 29.3 Å². The largest absolute Gasteiger partial charge is 0.378 e. The van der Waals surface area contributed by atoms with Crippen molar-refractivity contribution < 1.29 is 4.74 Å². The zero-order chi connectivity index (χ0) is 15.9. The predicted octanol–water partition coefficient (Wildman–Crippen LogP) is 2.13. The summed E-state index contributed by atoms with van der Waals surface area (Å²) in [6.45, 7) is 4.34. The molecule has 1 aromatic carbocycles. The molecular formula is C18H28N4O. The fraction of sp³-hybridized carbons (Fsp3) is 0.611. The first kappa shape index (κ1) is 16.1. The summed E-state index contributed by atoms with van der Waals surface area (Å²) < 4.78 is 5.46. The molecule has 1 aromatic rings. The normalized spacial score (nSPS) is 19.9. The van der Waals surface area contributed by atoms with Crippen molar-refractivity contribution in [2.24, 2.45) is 4.99 Å². The molecule has 0 unspecified atom stereocenters. The minimum atomic E-state index is 0.579. The van der Waals surface area contributed by atoms with Gasteiger partial charge in [-0.2, -0.15) is 0 Å². The number of hydrogen-bond donors (Lipinski definition) is 2. The van der Waals surface area contributed by atoms with Crippen molar-refractivity contribution in [2.45, 2.75) is 38.3 Å². The molecule has 3 rings (SSSR count). The summed E-state index contributed by atoms with van der Waals surface area (Å²) in [5.41, 5.74) is 2.61. The van der Waals surface area contributed by atoms with Crippen LogP contribution in [0.2, 0.25) is 0 Å². The molecular weight excluding hydrogens is 288 g/mol. The number of rotatable bonds is 4. The van der Waals surface area contributed by atoms with Crippen molar-refractivity contribution in [1.82, 2.24) is 10.6 Å². The Morgan fingerprint density at radius 3 is 2.70 bits per heavy atom. The van der Waals surface area contributed by atoms with Crippen molar-refractivity contribution in [2.75, 3.05) is 38.3 Å². The molecule has 1 saturated carbocycles. The summed E-state index contributed by atoms with van der Waals surface area (Å²) in [6, 6.07) is 9.19. The van der Waals surface area contributed by atoms with E-state index in [0.717, 1.165) is 38.8 Å². The van der Waals surface area contributed by atoms with Gasteiger partial charge in [-0.1, -0.05) is 31.0 Å². The Labute approximate surface area is 139 Å². The van der Waals surface area contributed by atoms with Crippen LogP contribution in [0.5, 0.6) is 0 Å². The fourth-order valence-corrected chi connectivity index (χ4v) is 3.41. The van der Waals surface area contributed by atoms with E-state index in [2.05, 4.69) is 44.8 Å². The third kappa shape index (κ3) is 4.38. The Hall–Kier alpha value is -1.75. The molecule has 1 heterocycles. The number of morpholine rings is 1. The van der Waals surface area contributed by atoms with Gasteiger partial charge < -0.3 is 20.3 Å². The molecule has 2 aliphatic rings. The smallest absolute Gasteiger partial charge is 0.191 e. The SMILES string of the molecule is CN=C(NCc1ccccc1N1CCOCC1)NC1CCCC1. The quantitative estimate of drug-likeness (QED) is 0.660. The summed E-state index contributed by atoms with van der Waals surface area (Å²) in [4.78, 5) is 6.78. The first-order valence-electron chi connectivity index (χ1n) is 8.74. The lowest BCUT2D eigenvalue weighted by molar-refractivity contribution is 0.122. The van der Waals surface area contributed by atoms with Crippen LogP contribution in [0.1, 0.15) is 31.2 Å². The maximum absolute atomic E-state index is 5.46. The first-order chi connectivity index (χ1) is 11.4. The topological polar surface area (TPSA) is 48.9 Å². The average Bonchev–Trinajstić information content (AvgIpc) is 3.12. The van der Waals surface area contributed by atoms with E-state index in [4.69, 9.17) is 4.74 Å². The number of nitrogens with zero attached hydrogens (tertiary/aromatic N) is 2. The Balaban J connectivity index is 1.60. The Morgan fingerprint density at radius 2 is 1.96 bits per heavy atom. The zero-order valence-electron chi connectivity index (χ0n) is 14.1. The van der Waals surface area contributed by atoms with E-state index in [1.54, 1.807) is 0 Å². The summed E-state index contributed by atoms with van der Waals surface area (Å²) in [7, 11) is 1.85. The molecule has 0 radical (unpaired) electrons. The number of anilines is 1. The van der Waals surface area contributed by atoms with Crippen molar-refractivity contribution in [3.8, 4) is 0 Å². The number of benzene rings is 1. The van der Waals surface area contributed by atoms with Crippen LogP contribution >= 0.6 is 0 Å². The molecule has 1 aliphatic heterocycles. The van der Waals surface area contributed by atoms with E-state index >= 15 is 0 Å². The first-order valence-corrected chi connectivity index (χ1v) is 8.74. The molecule has 2 N–H and O–H groups in total. The van der Waals surface area contributed by atoms with Crippen LogP contribution in [0.25, 0.3) is 0 Å². The standard InChI is InChI=1S/C18H28N4O/c1-19-18(21-16-7-3-4-8-16)20-14-15-6-2-5-9-17(15)22-10-12-23-13-11-22/h2,5-6,9,16H,3-4,7-8,10-14H2,1H3,(H2,19,20,21). The maximum Gasteiger partial charge on any atom is 0.191 e. The highest BCUT2D eigenvalue weighted by molar-refractivity contribution is 5.80. The van der Waals surface area contributed by atoms with Gasteiger partial charge >= 0.3 is 0 Å². The van der Waals surface area contributed by atoms with E-state index in [0.29, 0.717) is 6.04 Å². The second-order valence-electron chi connectivity index (χ2n) is 6.28. The van der Waals surface area contributed by atoms with Gasteiger partial charge in [0.05, 0.1) is 13.2 Å². The summed E-state index contributed by atoms with van der Waals surface area (Å²) >= 11 is 0. The molecule has 126 valence electrons. The van der Waals surface area contributed by atoms with Crippen molar-refractivity contribution in [1.29, 1.82) is 0 Å². The summed E-state index contributed by atoms with van der Waals surface area (Å²) in [5, 5.41) is 7.01. The molecule has 0 amide bonds. The van der Waals surface area contributed by atoms with E-state index in [-0.39, 0.29) is 0 Å². The van der Waals surface area contributed by atoms with Gasteiger partial charge in [0.15, 0.2) is 5.96 Å². The van der Waals surface area contributed by atoms with Crippen LogP contribution in [-0.4, -0.2) is 45.4 Å². The van der Waals surface area contributed by atoms with Crippen molar-refractivity contribution in [3.05, 3.63) is 29.8 Å². The molecule has 0 atom stereocenters. The van der Waals surface area contributed by atoms with E-state index < -0.39 is 0 Å². The second-order valence-corrected chi connectivity index (χ2v) is 6.28. The Kier molecular flexibility index (Phi) is 5.75. The van der Waals surface area contributed by atoms with E-state index in [9.17, 15) is 0 Å². The number of hydrogen-bond acceptors (Lipinski definition) is 3. The van der Waals surface area contributed by atoms with Crippen LogP contribution in [0.3, 0.4) is 0 Å². The lowest BCUT2D eigenvalue weighted by Crippen LogP contribution is -2.42. The minimum Gasteiger partial charge on any atom is -0.378 e. The van der Waals surface area contributed by atoms with Crippen molar-refractivity contribution >= 4 is 11.6 Å². The number of para-hydroxylation sites is 1. The number of nitrogens with one attached hydrogen (secondary N) is 2. The monoisotopic (exact) mass is 316 g/mol. The van der Waals surface area contributed by atoms with Gasteiger partial charge in [-0.15, -0.1) is 0 Å². The fourth-order valence-electron chi connectivity index (χ4n) is 3.41. The predicted molar refractivity (Wildman–Crippen MR) is 95.1 cm³/mol. The van der Waals surface area contributed by atoms with E-state index in [1.807, 2.05) is 7.05 Å². The molecule has 0 aromatic heterocycles. The highest BCUT2D eigenvalue weighted by Gasteiger charge is 2.17. The highest BCUT2D eigenvalue weighted by atomic mass is 16.5. The Bertz CT molecular complexity index is 520. The Morgan fingerprint density at radius 1 is 1.22 bits per heavy atom. The lowest BCUT2D eigenvalue weighted by atomic mass is 10.1. The highest BCUT2D eigenvalue weighted by Crippen LogP contribution is 2.21. The minimum absolute atomic E-state index is 0.579. The van der Waals surface area contributed by atoms with E-state index in [1.165, 1.54) is 36.9 Å². The molecule has 0 spiro atoms. The van der Waals surface area contributed by atoms with Crippen molar-refractivity contribution in [3.63, 3.8) is 0 Å². The molecule has 23 heavy (non-hydrogen) atoms. The molecule has 1 aliphatic carbocycles. The molecule has 5 heteroatoms. The zero-order valence-corrected chi connectivity index (χ0v) is 14.1. The van der Waals surface area contributed by atoms with Gasteiger partial charge in [-0.3, -0.25) is 4.99 Å². The third-order valence-electron chi connectivity index (χ3n) is 4.71. The van der Waals surface area contributed by atoms with Gasteiger partial charge in [0.1, 0.15) is 0 Å². The van der Waals surface area contributed by atoms with Crippen LogP contribution in [0, 0.1) is 0 Å². The molecule has 1 saturated heterocycles. The second kappa shape index (κ2) is 8.20. The van der Waals surface area contributed by atoms with Gasteiger partial charge in [0.2, 0.25) is 0 Å². The van der Waals surface area contributed by atoms with Crippen LogP contribution < -0.4 is 15.5 Å². The number of guanidine groups is 1.